The number of methoxy groups -OCH3 is 1. The molecule has 0 atom stereocenters. The number of halogens is 2. The Morgan fingerprint density at radius 3 is 2.67 bits per heavy atom. The van der Waals surface area contributed by atoms with Gasteiger partial charge in [-0.25, -0.2) is 4.79 Å². The van der Waals surface area contributed by atoms with E-state index in [-0.39, 0.29) is 30.8 Å². The number of hydrogen-bond donors (Lipinski definition) is 1. The van der Waals surface area contributed by atoms with Gasteiger partial charge >= 0.3 is 5.97 Å². The average Bonchev–Trinajstić information content (AvgIpc) is 2.47. The summed E-state index contributed by atoms with van der Waals surface area (Å²) >= 11 is 1.49. The molecule has 0 unspecified atom stereocenters. The predicted octanol–water partition coefficient (Wildman–Crippen LogP) is 3.32. The molecule has 0 aliphatic heterocycles. The fourth-order valence-corrected chi connectivity index (χ4v) is 2.58. The van der Waals surface area contributed by atoms with Gasteiger partial charge in [-0.05, 0) is 24.3 Å². The molecule has 2 aromatic rings. The van der Waals surface area contributed by atoms with Crippen molar-refractivity contribution < 1.29 is 9.53 Å². The monoisotopic (exact) mass is 346 g/mol. The van der Waals surface area contributed by atoms with Crippen LogP contribution in [0.1, 0.15) is 16.1 Å². The number of pyridine rings is 1. The van der Waals surface area contributed by atoms with Gasteiger partial charge in [0.15, 0.2) is 0 Å². The maximum atomic E-state index is 11.7. The second-order valence-electron chi connectivity index (χ2n) is 3.78. The number of esters is 1. The standard InChI is InChI=1S/C14H14N2O2S.2ClH/c1-18-14(17)12-4-2-3-5-13(12)19-11-6-7-16-10(8-11)9-15;;/h2-8H,9,15H2,1H3;2*1H. The Morgan fingerprint density at radius 1 is 1.29 bits per heavy atom. The lowest BCUT2D eigenvalue weighted by molar-refractivity contribution is 0.0597. The third-order valence-corrected chi connectivity index (χ3v) is 3.58. The molecule has 0 saturated carbocycles. The minimum Gasteiger partial charge on any atom is -0.465 e. The van der Waals surface area contributed by atoms with Crippen LogP contribution in [0.2, 0.25) is 0 Å². The maximum absolute atomic E-state index is 11.7. The summed E-state index contributed by atoms with van der Waals surface area (Å²) < 4.78 is 4.77. The van der Waals surface area contributed by atoms with E-state index in [2.05, 4.69) is 4.98 Å². The van der Waals surface area contributed by atoms with Gasteiger partial charge < -0.3 is 10.5 Å². The Labute approximate surface area is 140 Å². The molecule has 0 spiro atoms. The minimum absolute atomic E-state index is 0. The van der Waals surface area contributed by atoms with Crippen LogP contribution in [0.3, 0.4) is 0 Å². The van der Waals surface area contributed by atoms with E-state index in [1.165, 1.54) is 18.9 Å². The number of rotatable bonds is 4. The SMILES string of the molecule is COC(=O)c1ccccc1Sc1ccnc(CN)c1.Cl.Cl. The molecule has 0 bridgehead atoms. The molecule has 0 amide bonds. The molecule has 4 nitrogen and oxygen atoms in total. The van der Waals surface area contributed by atoms with E-state index in [0.29, 0.717) is 12.1 Å². The van der Waals surface area contributed by atoms with Crippen LogP contribution in [0.25, 0.3) is 0 Å². The van der Waals surface area contributed by atoms with Crippen molar-refractivity contribution in [3.63, 3.8) is 0 Å². The summed E-state index contributed by atoms with van der Waals surface area (Å²) in [5.41, 5.74) is 6.94. The summed E-state index contributed by atoms with van der Waals surface area (Å²) in [4.78, 5) is 17.7. The van der Waals surface area contributed by atoms with Gasteiger partial charge in [-0.15, -0.1) is 24.8 Å². The predicted molar refractivity (Wildman–Crippen MR) is 88.5 cm³/mol. The van der Waals surface area contributed by atoms with Gasteiger partial charge in [0.25, 0.3) is 0 Å². The first-order valence-corrected chi connectivity index (χ1v) is 6.56. The summed E-state index contributed by atoms with van der Waals surface area (Å²) in [6.45, 7) is 0.396. The zero-order valence-corrected chi connectivity index (χ0v) is 13.8. The topological polar surface area (TPSA) is 65.2 Å². The zero-order valence-electron chi connectivity index (χ0n) is 11.3. The van der Waals surface area contributed by atoms with E-state index in [9.17, 15) is 4.79 Å². The van der Waals surface area contributed by atoms with Gasteiger partial charge in [-0.2, -0.15) is 0 Å². The van der Waals surface area contributed by atoms with Crippen molar-refractivity contribution >= 4 is 42.5 Å². The molecule has 1 heterocycles. The Balaban J connectivity index is 0.00000200. The Hall–Kier alpha value is -1.27. The summed E-state index contributed by atoms with van der Waals surface area (Å²) in [6.07, 6.45) is 1.71. The highest BCUT2D eigenvalue weighted by atomic mass is 35.5. The number of ether oxygens (including phenoxy) is 1. The number of nitrogens with zero attached hydrogens (tertiary/aromatic N) is 1. The quantitative estimate of drug-likeness (QED) is 0.860. The number of nitrogens with two attached hydrogens (primary N) is 1. The third-order valence-electron chi connectivity index (χ3n) is 2.52. The van der Waals surface area contributed by atoms with E-state index < -0.39 is 0 Å². The van der Waals surface area contributed by atoms with E-state index in [4.69, 9.17) is 10.5 Å². The van der Waals surface area contributed by atoms with Crippen LogP contribution in [0.5, 0.6) is 0 Å². The van der Waals surface area contributed by atoms with Crippen LogP contribution in [-0.2, 0) is 11.3 Å². The molecule has 0 aliphatic rings. The molecule has 2 N–H and O–H groups in total. The van der Waals surface area contributed by atoms with E-state index in [1.807, 2.05) is 30.3 Å². The molecular weight excluding hydrogens is 331 g/mol. The van der Waals surface area contributed by atoms with Crippen LogP contribution in [0.4, 0.5) is 0 Å². The van der Waals surface area contributed by atoms with Crippen molar-refractivity contribution in [2.75, 3.05) is 7.11 Å². The smallest absolute Gasteiger partial charge is 0.339 e. The van der Waals surface area contributed by atoms with Crippen molar-refractivity contribution in [3.05, 3.63) is 53.9 Å². The molecule has 2 rings (SSSR count). The number of benzene rings is 1. The summed E-state index contributed by atoms with van der Waals surface area (Å²) in [6, 6.07) is 11.1. The van der Waals surface area contributed by atoms with E-state index >= 15 is 0 Å². The molecular formula is C14H16Cl2N2O2S. The second kappa shape index (κ2) is 9.63. The minimum atomic E-state index is -0.337. The molecule has 0 radical (unpaired) electrons. The van der Waals surface area contributed by atoms with Crippen molar-refractivity contribution in [1.82, 2.24) is 4.98 Å². The Morgan fingerprint density at radius 2 is 2.00 bits per heavy atom. The number of aromatic nitrogens is 1. The number of carbonyl (C=O) groups is 1. The van der Waals surface area contributed by atoms with Crippen molar-refractivity contribution in [2.24, 2.45) is 5.73 Å². The van der Waals surface area contributed by atoms with Crippen LogP contribution in [0, 0.1) is 0 Å². The van der Waals surface area contributed by atoms with Gasteiger partial charge in [0.1, 0.15) is 0 Å². The van der Waals surface area contributed by atoms with Crippen molar-refractivity contribution in [2.45, 2.75) is 16.3 Å². The van der Waals surface area contributed by atoms with Gasteiger partial charge in [0.2, 0.25) is 0 Å². The van der Waals surface area contributed by atoms with Gasteiger partial charge in [-0.3, -0.25) is 4.98 Å². The number of carbonyl (C=O) groups excluding carboxylic acids is 1. The lowest BCUT2D eigenvalue weighted by atomic mass is 10.2. The molecule has 0 fully saturated rings. The number of hydrogen-bond acceptors (Lipinski definition) is 5. The molecule has 1 aromatic carbocycles. The summed E-state index contributed by atoms with van der Waals surface area (Å²) in [7, 11) is 1.38. The van der Waals surface area contributed by atoms with Gasteiger partial charge in [-0.1, -0.05) is 23.9 Å². The van der Waals surface area contributed by atoms with Gasteiger partial charge in [0, 0.05) is 22.5 Å². The highest BCUT2D eigenvalue weighted by Gasteiger charge is 2.12. The normalized spacial score (nSPS) is 9.24. The van der Waals surface area contributed by atoms with Crippen LogP contribution in [0.15, 0.2) is 52.4 Å². The van der Waals surface area contributed by atoms with Crippen molar-refractivity contribution in [1.29, 1.82) is 0 Å². The highest BCUT2D eigenvalue weighted by Crippen LogP contribution is 2.30. The molecule has 1 aromatic heterocycles. The Bertz CT molecular complexity index is 597. The largest absolute Gasteiger partial charge is 0.465 e. The molecule has 7 heteroatoms. The molecule has 21 heavy (non-hydrogen) atoms. The Kier molecular flexibility index (Phi) is 9.05. The van der Waals surface area contributed by atoms with Crippen LogP contribution in [-0.4, -0.2) is 18.1 Å². The summed E-state index contributed by atoms with van der Waals surface area (Å²) in [5.74, 6) is -0.337. The third kappa shape index (κ3) is 5.21. The maximum Gasteiger partial charge on any atom is 0.339 e. The van der Waals surface area contributed by atoms with E-state index in [0.717, 1.165) is 15.5 Å². The first kappa shape index (κ1) is 19.7. The first-order chi connectivity index (χ1) is 9.24. The van der Waals surface area contributed by atoms with Crippen LogP contribution >= 0.6 is 36.6 Å². The zero-order chi connectivity index (χ0) is 13.7. The fraction of sp³-hybridized carbons (Fsp3) is 0.143. The molecule has 0 aliphatic carbocycles. The van der Waals surface area contributed by atoms with Gasteiger partial charge in [0.05, 0.1) is 18.4 Å². The van der Waals surface area contributed by atoms with Crippen molar-refractivity contribution in [3.8, 4) is 0 Å². The molecule has 0 saturated heterocycles. The average molecular weight is 347 g/mol. The first-order valence-electron chi connectivity index (χ1n) is 5.75. The second-order valence-corrected chi connectivity index (χ2v) is 4.89. The lowest BCUT2D eigenvalue weighted by Crippen LogP contribution is -2.03. The lowest BCUT2D eigenvalue weighted by Gasteiger charge is -2.07. The molecule has 114 valence electrons. The fourth-order valence-electron chi connectivity index (χ4n) is 1.59. The summed E-state index contributed by atoms with van der Waals surface area (Å²) in [5, 5.41) is 0. The highest BCUT2D eigenvalue weighted by molar-refractivity contribution is 7.99. The van der Waals surface area contributed by atoms with Crippen LogP contribution < -0.4 is 5.73 Å². The van der Waals surface area contributed by atoms with E-state index in [1.54, 1.807) is 12.3 Å².